The maximum Gasteiger partial charge on any atom is 0.356 e. The van der Waals surface area contributed by atoms with Gasteiger partial charge in [0.25, 0.3) is 0 Å². The molecule has 112 valence electrons. The van der Waals surface area contributed by atoms with Crippen LogP contribution in [-0.2, 0) is 0 Å². The van der Waals surface area contributed by atoms with E-state index in [9.17, 15) is 9.90 Å². The number of aromatic nitrogens is 5. The lowest BCUT2D eigenvalue weighted by Crippen LogP contribution is -2.28. The Bertz CT molecular complexity index is 1050. The second-order valence-corrected chi connectivity index (χ2v) is 4.92. The standard InChI is InChI=1S/C16H11N5O2/c22-13-9-5-4-8-12(13)14-15-18-17-10-20(15)16(23)21(19-14)11-6-2-1-3-7-11/h1-10,22H. The molecule has 0 aliphatic rings. The average molecular weight is 305 g/mol. The number of aromatic hydroxyl groups is 1. The van der Waals surface area contributed by atoms with Gasteiger partial charge >= 0.3 is 5.69 Å². The van der Waals surface area contributed by atoms with Crippen LogP contribution in [0.5, 0.6) is 5.75 Å². The third-order valence-electron chi connectivity index (χ3n) is 3.51. The maximum atomic E-state index is 12.6. The van der Waals surface area contributed by atoms with Crippen LogP contribution in [0.1, 0.15) is 0 Å². The van der Waals surface area contributed by atoms with Crippen molar-refractivity contribution in [3.05, 3.63) is 71.4 Å². The monoisotopic (exact) mass is 305 g/mol. The smallest absolute Gasteiger partial charge is 0.356 e. The molecule has 0 radical (unpaired) electrons. The van der Waals surface area contributed by atoms with E-state index in [0.29, 0.717) is 22.6 Å². The van der Waals surface area contributed by atoms with Crippen molar-refractivity contribution in [2.45, 2.75) is 0 Å². The predicted octanol–water partition coefficient (Wildman–Crippen LogP) is 1.65. The van der Waals surface area contributed by atoms with Gasteiger partial charge in [-0.15, -0.1) is 10.2 Å². The Morgan fingerprint density at radius 2 is 1.70 bits per heavy atom. The minimum Gasteiger partial charge on any atom is -0.507 e. The van der Waals surface area contributed by atoms with Crippen LogP contribution in [-0.4, -0.2) is 29.5 Å². The fraction of sp³-hybridized carbons (Fsp3) is 0. The number of phenols is 1. The number of fused-ring (bicyclic) bond motifs is 1. The molecule has 4 aromatic rings. The zero-order valence-electron chi connectivity index (χ0n) is 11.9. The summed E-state index contributed by atoms with van der Waals surface area (Å²) in [6.07, 6.45) is 1.34. The number of rotatable bonds is 2. The summed E-state index contributed by atoms with van der Waals surface area (Å²) < 4.78 is 2.57. The van der Waals surface area contributed by atoms with E-state index in [4.69, 9.17) is 0 Å². The molecular formula is C16H11N5O2. The van der Waals surface area contributed by atoms with Gasteiger partial charge in [-0.05, 0) is 24.3 Å². The van der Waals surface area contributed by atoms with E-state index in [0.717, 1.165) is 0 Å². The lowest BCUT2D eigenvalue weighted by Gasteiger charge is -2.09. The number of benzene rings is 2. The highest BCUT2D eigenvalue weighted by molar-refractivity contribution is 5.77. The van der Waals surface area contributed by atoms with Crippen LogP contribution in [0.4, 0.5) is 0 Å². The van der Waals surface area contributed by atoms with Crippen LogP contribution in [0.25, 0.3) is 22.6 Å². The molecule has 0 aliphatic carbocycles. The van der Waals surface area contributed by atoms with Crippen molar-refractivity contribution in [3.63, 3.8) is 0 Å². The molecule has 0 atom stereocenters. The van der Waals surface area contributed by atoms with Gasteiger partial charge in [-0.3, -0.25) is 0 Å². The second kappa shape index (κ2) is 5.06. The molecule has 0 amide bonds. The van der Waals surface area contributed by atoms with Crippen molar-refractivity contribution in [3.8, 4) is 22.7 Å². The lowest BCUT2D eigenvalue weighted by molar-refractivity contribution is 0.477. The third kappa shape index (κ3) is 2.06. The van der Waals surface area contributed by atoms with Gasteiger partial charge in [0.1, 0.15) is 17.8 Å². The van der Waals surface area contributed by atoms with Gasteiger partial charge in [0.2, 0.25) is 0 Å². The molecule has 2 heterocycles. The van der Waals surface area contributed by atoms with Crippen molar-refractivity contribution in [2.24, 2.45) is 0 Å². The minimum absolute atomic E-state index is 0.0585. The van der Waals surface area contributed by atoms with E-state index < -0.39 is 0 Å². The summed E-state index contributed by atoms with van der Waals surface area (Å²) in [6, 6.07) is 15.8. The molecule has 0 spiro atoms. The fourth-order valence-corrected chi connectivity index (χ4v) is 2.41. The number of hydrogen-bond donors (Lipinski definition) is 1. The van der Waals surface area contributed by atoms with Gasteiger partial charge in [-0.25, -0.2) is 9.20 Å². The summed E-state index contributed by atoms with van der Waals surface area (Å²) >= 11 is 0. The molecule has 2 aromatic heterocycles. The molecule has 4 rings (SSSR count). The quantitative estimate of drug-likeness (QED) is 0.608. The molecule has 0 saturated heterocycles. The Labute approximate surface area is 130 Å². The topological polar surface area (TPSA) is 85.3 Å². The molecular weight excluding hydrogens is 294 g/mol. The van der Waals surface area contributed by atoms with Gasteiger partial charge in [-0.1, -0.05) is 30.3 Å². The summed E-state index contributed by atoms with van der Waals surface area (Å²) in [5, 5.41) is 22.3. The first-order valence-corrected chi connectivity index (χ1v) is 6.92. The molecule has 0 bridgehead atoms. The van der Waals surface area contributed by atoms with Crippen molar-refractivity contribution in [1.29, 1.82) is 0 Å². The Balaban J connectivity index is 2.10. The molecule has 23 heavy (non-hydrogen) atoms. The van der Waals surface area contributed by atoms with E-state index in [2.05, 4.69) is 15.3 Å². The van der Waals surface area contributed by atoms with Crippen molar-refractivity contribution >= 4 is 5.65 Å². The van der Waals surface area contributed by atoms with Crippen molar-refractivity contribution in [1.82, 2.24) is 24.4 Å². The first kappa shape index (κ1) is 13.2. The SMILES string of the molecule is O=c1n(-c2ccccc2)nc(-c2ccccc2O)c2nncn12. The summed E-state index contributed by atoms with van der Waals surface area (Å²) in [4.78, 5) is 12.6. The zero-order valence-corrected chi connectivity index (χ0v) is 11.9. The Morgan fingerprint density at radius 3 is 2.48 bits per heavy atom. The second-order valence-electron chi connectivity index (χ2n) is 4.92. The van der Waals surface area contributed by atoms with Crippen LogP contribution < -0.4 is 5.69 Å². The van der Waals surface area contributed by atoms with Crippen LogP contribution in [0, 0.1) is 0 Å². The van der Waals surface area contributed by atoms with E-state index in [1.165, 1.54) is 15.4 Å². The van der Waals surface area contributed by atoms with Gasteiger partial charge in [0, 0.05) is 5.56 Å². The third-order valence-corrected chi connectivity index (χ3v) is 3.51. The number of hydrogen-bond acceptors (Lipinski definition) is 5. The Hall–Kier alpha value is -3.48. The number of phenolic OH excluding ortho intramolecular Hbond substituents is 1. The van der Waals surface area contributed by atoms with Gasteiger partial charge < -0.3 is 5.11 Å². The van der Waals surface area contributed by atoms with Gasteiger partial charge in [-0.2, -0.15) is 9.78 Å². The molecule has 7 nitrogen and oxygen atoms in total. The Morgan fingerprint density at radius 1 is 0.957 bits per heavy atom. The zero-order chi connectivity index (χ0) is 15.8. The van der Waals surface area contributed by atoms with E-state index in [-0.39, 0.29) is 11.4 Å². The van der Waals surface area contributed by atoms with E-state index in [1.54, 1.807) is 36.4 Å². The van der Waals surface area contributed by atoms with Crippen LogP contribution >= 0.6 is 0 Å². The first-order chi connectivity index (χ1) is 11.3. The van der Waals surface area contributed by atoms with Crippen molar-refractivity contribution in [2.75, 3.05) is 0 Å². The summed E-state index contributed by atoms with van der Waals surface area (Å²) in [5.41, 5.74) is 1.39. The molecule has 1 N–H and O–H groups in total. The minimum atomic E-state index is -0.379. The highest BCUT2D eigenvalue weighted by atomic mass is 16.3. The molecule has 0 aliphatic heterocycles. The van der Waals surface area contributed by atoms with Gasteiger partial charge in [0.05, 0.1) is 5.69 Å². The van der Waals surface area contributed by atoms with Crippen molar-refractivity contribution < 1.29 is 5.11 Å². The van der Waals surface area contributed by atoms with Crippen LogP contribution in [0.2, 0.25) is 0 Å². The molecule has 0 fully saturated rings. The van der Waals surface area contributed by atoms with Gasteiger partial charge in [0.15, 0.2) is 5.65 Å². The van der Waals surface area contributed by atoms with E-state index >= 15 is 0 Å². The lowest BCUT2D eigenvalue weighted by atomic mass is 10.1. The maximum absolute atomic E-state index is 12.6. The summed E-state index contributed by atoms with van der Waals surface area (Å²) in [6.45, 7) is 0. The molecule has 7 heteroatoms. The normalized spacial score (nSPS) is 11.0. The molecule has 0 saturated carbocycles. The number of para-hydroxylation sites is 2. The molecule has 0 unspecified atom stereocenters. The Kier molecular flexibility index (Phi) is 2.90. The fourth-order valence-electron chi connectivity index (χ4n) is 2.41. The van der Waals surface area contributed by atoms with E-state index in [1.807, 2.05) is 18.2 Å². The summed E-state index contributed by atoms with van der Waals surface area (Å²) in [7, 11) is 0. The average Bonchev–Trinajstić information content (AvgIpc) is 3.07. The largest absolute Gasteiger partial charge is 0.507 e. The number of nitrogens with zero attached hydrogens (tertiary/aromatic N) is 5. The highest BCUT2D eigenvalue weighted by Crippen LogP contribution is 2.28. The molecule has 2 aromatic carbocycles. The highest BCUT2D eigenvalue weighted by Gasteiger charge is 2.17. The summed E-state index contributed by atoms with van der Waals surface area (Å²) in [5.74, 6) is 0.0585. The predicted molar refractivity (Wildman–Crippen MR) is 83.5 cm³/mol. The first-order valence-electron chi connectivity index (χ1n) is 6.92. The van der Waals surface area contributed by atoms with Crippen LogP contribution in [0.15, 0.2) is 65.7 Å². The van der Waals surface area contributed by atoms with Crippen LogP contribution in [0.3, 0.4) is 0 Å².